The number of benzene rings is 2. The van der Waals surface area contributed by atoms with Gasteiger partial charge in [0.05, 0.1) is 6.61 Å². The van der Waals surface area contributed by atoms with Crippen molar-refractivity contribution in [3.05, 3.63) is 48.7 Å². The van der Waals surface area contributed by atoms with E-state index in [1.165, 1.54) is 0 Å². The number of nitrogen functional groups attached to an aromatic ring is 1. The van der Waals surface area contributed by atoms with Crippen LogP contribution in [0.1, 0.15) is 0 Å². The number of nitrogens with two attached hydrogens (primary N) is 1. The molecule has 0 saturated carbocycles. The molecule has 1 atom stereocenters. The third-order valence-corrected chi connectivity index (χ3v) is 4.44. The fraction of sp³-hybridized carbons (Fsp3) is 0.368. The van der Waals surface area contributed by atoms with Crippen LogP contribution in [0.4, 0.5) is 5.69 Å². The number of nitrogens with one attached hydrogen (secondary N) is 1. The first-order valence-corrected chi connectivity index (χ1v) is 8.29. The third kappa shape index (κ3) is 3.63. The Balaban J connectivity index is 1.59. The maximum absolute atomic E-state index is 6.04. The van der Waals surface area contributed by atoms with Gasteiger partial charge in [0, 0.05) is 48.8 Å². The van der Waals surface area contributed by atoms with Crippen molar-refractivity contribution >= 4 is 16.5 Å². The predicted molar refractivity (Wildman–Crippen MR) is 98.2 cm³/mol. The fourth-order valence-corrected chi connectivity index (χ4v) is 2.98. The van der Waals surface area contributed by atoms with Crippen molar-refractivity contribution in [2.45, 2.75) is 6.10 Å². The van der Waals surface area contributed by atoms with Gasteiger partial charge in [0.15, 0.2) is 0 Å². The molecule has 0 radical (unpaired) electrons. The van der Waals surface area contributed by atoms with E-state index in [0.29, 0.717) is 6.61 Å². The molecule has 128 valence electrons. The van der Waals surface area contributed by atoms with Gasteiger partial charge in [-0.2, -0.15) is 0 Å². The van der Waals surface area contributed by atoms with Crippen LogP contribution in [0.25, 0.3) is 10.8 Å². The number of ether oxygens (including phenoxy) is 2. The van der Waals surface area contributed by atoms with Crippen molar-refractivity contribution in [3.8, 4) is 5.75 Å². The van der Waals surface area contributed by atoms with Crippen LogP contribution < -0.4 is 15.8 Å². The molecule has 1 saturated heterocycles. The van der Waals surface area contributed by atoms with Crippen molar-refractivity contribution < 1.29 is 9.47 Å². The highest BCUT2D eigenvalue weighted by Gasteiger charge is 2.22. The van der Waals surface area contributed by atoms with E-state index in [4.69, 9.17) is 15.2 Å². The number of likely N-dealkylation sites (N-methyl/N-ethyl adjacent to an activating group) is 1. The van der Waals surface area contributed by atoms with E-state index in [9.17, 15) is 0 Å². The van der Waals surface area contributed by atoms with Crippen LogP contribution in [0.2, 0.25) is 0 Å². The summed E-state index contributed by atoms with van der Waals surface area (Å²) >= 11 is 0. The van der Waals surface area contributed by atoms with Crippen molar-refractivity contribution in [1.82, 2.24) is 10.2 Å². The number of anilines is 1. The maximum Gasteiger partial charge on any atom is 0.127 e. The van der Waals surface area contributed by atoms with Crippen LogP contribution in [0.3, 0.4) is 0 Å². The first-order valence-electron chi connectivity index (χ1n) is 8.29. The van der Waals surface area contributed by atoms with Crippen LogP contribution in [-0.4, -0.2) is 50.9 Å². The molecule has 3 N–H and O–H groups in total. The summed E-state index contributed by atoms with van der Waals surface area (Å²) in [7, 11) is 1.87. The number of morpholine rings is 1. The average molecular weight is 327 g/mol. The van der Waals surface area contributed by atoms with Crippen LogP contribution >= 0.6 is 0 Å². The van der Waals surface area contributed by atoms with Crippen molar-refractivity contribution in [2.24, 2.45) is 0 Å². The fourth-order valence-electron chi connectivity index (χ4n) is 2.98. The molecule has 0 amide bonds. The zero-order valence-electron chi connectivity index (χ0n) is 14.1. The predicted octanol–water partition coefficient (Wildman–Crippen LogP) is 2.23. The van der Waals surface area contributed by atoms with Crippen LogP contribution in [-0.2, 0) is 4.74 Å². The minimum atomic E-state index is 0.0427. The summed E-state index contributed by atoms with van der Waals surface area (Å²) in [4.78, 5) is 2.34. The van der Waals surface area contributed by atoms with Gasteiger partial charge in [-0.05, 0) is 12.1 Å². The largest absolute Gasteiger partial charge is 0.492 e. The van der Waals surface area contributed by atoms with E-state index >= 15 is 0 Å². The zero-order valence-corrected chi connectivity index (χ0v) is 14.1. The minimum absolute atomic E-state index is 0.0427. The average Bonchev–Trinajstić information content (AvgIpc) is 2.63. The van der Waals surface area contributed by atoms with Gasteiger partial charge in [-0.25, -0.2) is 0 Å². The minimum Gasteiger partial charge on any atom is -0.492 e. The molecule has 3 rings (SSSR count). The summed E-state index contributed by atoms with van der Waals surface area (Å²) in [6.07, 6.45) is 0.0427. The van der Waals surface area contributed by atoms with Crippen molar-refractivity contribution in [3.63, 3.8) is 0 Å². The lowest BCUT2D eigenvalue weighted by Crippen LogP contribution is -2.46. The summed E-state index contributed by atoms with van der Waals surface area (Å²) < 4.78 is 11.8. The molecule has 24 heavy (non-hydrogen) atoms. The summed E-state index contributed by atoms with van der Waals surface area (Å²) in [5, 5.41) is 5.16. The van der Waals surface area contributed by atoms with E-state index in [-0.39, 0.29) is 6.10 Å². The first kappa shape index (κ1) is 16.6. The molecule has 1 aliphatic rings. The molecule has 1 aliphatic heterocycles. The summed E-state index contributed by atoms with van der Waals surface area (Å²) in [6, 6.07) is 11.9. The topological polar surface area (TPSA) is 59.8 Å². The number of hydrogen-bond donors (Lipinski definition) is 2. The Morgan fingerprint density at radius 3 is 2.92 bits per heavy atom. The smallest absolute Gasteiger partial charge is 0.127 e. The molecule has 1 heterocycles. The number of fused-ring (bicyclic) bond motifs is 1. The third-order valence-electron chi connectivity index (χ3n) is 4.44. The molecule has 2 aromatic rings. The lowest BCUT2D eigenvalue weighted by Gasteiger charge is -2.33. The Kier molecular flexibility index (Phi) is 5.23. The van der Waals surface area contributed by atoms with Crippen LogP contribution in [0.5, 0.6) is 5.75 Å². The second-order valence-corrected chi connectivity index (χ2v) is 5.98. The van der Waals surface area contributed by atoms with Crippen molar-refractivity contribution in [2.75, 3.05) is 45.6 Å². The Bertz CT molecular complexity index is 717. The Morgan fingerprint density at radius 2 is 2.12 bits per heavy atom. The van der Waals surface area contributed by atoms with E-state index in [1.807, 2.05) is 43.4 Å². The second-order valence-electron chi connectivity index (χ2n) is 5.98. The van der Waals surface area contributed by atoms with Gasteiger partial charge < -0.3 is 20.5 Å². The molecular weight excluding hydrogens is 302 g/mol. The quantitative estimate of drug-likeness (QED) is 0.797. The molecule has 0 bridgehead atoms. The summed E-state index contributed by atoms with van der Waals surface area (Å²) in [5.41, 5.74) is 7.73. The molecule has 0 aromatic heterocycles. The second kappa shape index (κ2) is 7.55. The monoisotopic (exact) mass is 327 g/mol. The number of nitrogens with zero attached hydrogens (tertiary/aromatic N) is 1. The van der Waals surface area contributed by atoms with E-state index in [2.05, 4.69) is 16.8 Å². The summed E-state index contributed by atoms with van der Waals surface area (Å²) in [6.45, 7) is 7.96. The molecule has 1 fully saturated rings. The molecule has 1 unspecified atom stereocenters. The highest BCUT2D eigenvalue weighted by Crippen LogP contribution is 2.29. The van der Waals surface area contributed by atoms with Crippen LogP contribution in [0.15, 0.2) is 48.7 Å². The molecule has 0 spiro atoms. The van der Waals surface area contributed by atoms with E-state index < -0.39 is 0 Å². The highest BCUT2D eigenvalue weighted by molar-refractivity contribution is 5.96. The number of hydrogen-bond acceptors (Lipinski definition) is 5. The standard InChI is InChI=1S/C19H25N3O2/c1-14(21-2)19-13-22(10-12-24-19)9-11-23-18-8-7-17(20)15-5-3-4-6-16(15)18/h3-8,19,21H,1,9-13,20H2,2H3. The number of rotatable bonds is 6. The van der Waals surface area contributed by atoms with Crippen LogP contribution in [0, 0.1) is 0 Å². The molecular formula is C19H25N3O2. The molecule has 2 aromatic carbocycles. The van der Waals surface area contributed by atoms with Gasteiger partial charge in [0.2, 0.25) is 0 Å². The SMILES string of the molecule is C=C(NC)C1CN(CCOc2ccc(N)c3ccccc23)CCO1. The lowest BCUT2D eigenvalue weighted by molar-refractivity contribution is -0.0148. The zero-order chi connectivity index (χ0) is 16.9. The van der Waals surface area contributed by atoms with Gasteiger partial charge >= 0.3 is 0 Å². The Labute approximate surface area is 143 Å². The van der Waals surface area contributed by atoms with E-state index in [0.717, 1.165) is 54.1 Å². The normalized spacial score (nSPS) is 18.5. The first-order chi connectivity index (χ1) is 11.7. The van der Waals surface area contributed by atoms with E-state index in [1.54, 1.807) is 0 Å². The molecule has 5 heteroatoms. The summed E-state index contributed by atoms with van der Waals surface area (Å²) in [5.74, 6) is 0.879. The maximum atomic E-state index is 6.04. The van der Waals surface area contributed by atoms with Gasteiger partial charge in [0.1, 0.15) is 18.5 Å². The molecule has 0 aliphatic carbocycles. The van der Waals surface area contributed by atoms with Gasteiger partial charge in [0.25, 0.3) is 0 Å². The lowest BCUT2D eigenvalue weighted by atomic mass is 10.1. The Hall–Kier alpha value is -2.24. The van der Waals surface area contributed by atoms with Gasteiger partial charge in [-0.1, -0.05) is 30.8 Å². The van der Waals surface area contributed by atoms with Gasteiger partial charge in [-0.3, -0.25) is 4.90 Å². The van der Waals surface area contributed by atoms with Gasteiger partial charge in [-0.15, -0.1) is 0 Å². The highest BCUT2D eigenvalue weighted by atomic mass is 16.5. The van der Waals surface area contributed by atoms with Crippen molar-refractivity contribution in [1.29, 1.82) is 0 Å². The Morgan fingerprint density at radius 1 is 1.33 bits per heavy atom. The molecule has 5 nitrogen and oxygen atoms in total.